The van der Waals surface area contributed by atoms with E-state index in [4.69, 9.17) is 4.74 Å². The van der Waals surface area contributed by atoms with Crippen LogP contribution in [-0.2, 0) is 16.0 Å². The highest BCUT2D eigenvalue weighted by Gasteiger charge is 2.23. The highest BCUT2D eigenvalue weighted by molar-refractivity contribution is 5.78. The van der Waals surface area contributed by atoms with Gasteiger partial charge in [-0.3, -0.25) is 4.79 Å². The number of ether oxygens (including phenoxy) is 1. The third kappa shape index (κ3) is 3.25. The first kappa shape index (κ1) is 16.5. The number of carbonyl (C=O) groups excluding carboxylic acids is 1. The first-order valence-electron chi connectivity index (χ1n) is 8.57. The number of hydrogen-bond acceptors (Lipinski definition) is 7. The van der Waals surface area contributed by atoms with Crippen molar-refractivity contribution in [3.05, 3.63) is 36.3 Å². The van der Waals surface area contributed by atoms with Gasteiger partial charge < -0.3 is 9.64 Å². The minimum atomic E-state index is -0.161. The molecule has 9 nitrogen and oxygen atoms in total. The van der Waals surface area contributed by atoms with E-state index >= 15 is 0 Å². The molecule has 3 aromatic heterocycles. The van der Waals surface area contributed by atoms with E-state index < -0.39 is 0 Å². The lowest BCUT2D eigenvalue weighted by molar-refractivity contribution is -0.139. The van der Waals surface area contributed by atoms with Crippen molar-refractivity contribution in [2.75, 3.05) is 26.3 Å². The van der Waals surface area contributed by atoms with Crippen LogP contribution in [0.4, 0.5) is 0 Å². The van der Waals surface area contributed by atoms with Crippen molar-refractivity contribution in [3.8, 4) is 11.6 Å². The van der Waals surface area contributed by atoms with Gasteiger partial charge in [0.15, 0.2) is 11.5 Å². The van der Waals surface area contributed by atoms with Gasteiger partial charge in [0.2, 0.25) is 11.7 Å². The largest absolute Gasteiger partial charge is 0.378 e. The molecule has 1 saturated heterocycles. The third-order valence-electron chi connectivity index (χ3n) is 4.34. The molecule has 1 aliphatic rings. The number of fused-ring (bicyclic) bond motifs is 1. The van der Waals surface area contributed by atoms with Gasteiger partial charge in [-0.15, -0.1) is 10.2 Å². The van der Waals surface area contributed by atoms with Gasteiger partial charge in [0, 0.05) is 37.8 Å². The smallest absolute Gasteiger partial charge is 0.225 e. The molecular weight excluding hydrogens is 334 g/mol. The van der Waals surface area contributed by atoms with Crippen LogP contribution in [0.15, 0.2) is 30.6 Å². The SMILES string of the molecule is C[C@H](Cc1ccc2nnc(-c3ncccn3)n2n1)C(=O)N1CCOCC1. The van der Waals surface area contributed by atoms with Crippen LogP contribution in [0.2, 0.25) is 0 Å². The molecular formula is C17H19N7O2. The molecule has 0 unspecified atom stereocenters. The van der Waals surface area contributed by atoms with E-state index in [1.807, 2.05) is 24.0 Å². The second kappa shape index (κ2) is 7.12. The van der Waals surface area contributed by atoms with Crippen LogP contribution in [0.5, 0.6) is 0 Å². The number of carbonyl (C=O) groups is 1. The highest BCUT2D eigenvalue weighted by atomic mass is 16.5. The molecule has 0 aliphatic carbocycles. The number of morpholine rings is 1. The molecule has 1 amide bonds. The van der Waals surface area contributed by atoms with Gasteiger partial charge in [-0.25, -0.2) is 9.97 Å². The summed E-state index contributed by atoms with van der Waals surface area (Å²) in [5.74, 6) is 0.910. The third-order valence-corrected chi connectivity index (χ3v) is 4.34. The Hall–Kier alpha value is -2.94. The summed E-state index contributed by atoms with van der Waals surface area (Å²) >= 11 is 0. The monoisotopic (exact) mass is 353 g/mol. The van der Waals surface area contributed by atoms with Gasteiger partial charge in [0.25, 0.3) is 0 Å². The first-order valence-corrected chi connectivity index (χ1v) is 8.57. The molecule has 0 spiro atoms. The molecule has 0 aromatic carbocycles. The Kier molecular flexibility index (Phi) is 4.53. The average Bonchev–Trinajstić information content (AvgIpc) is 3.12. The predicted octanol–water partition coefficient (Wildman–Crippen LogP) is 0.619. The van der Waals surface area contributed by atoms with E-state index in [9.17, 15) is 4.79 Å². The standard InChI is InChI=1S/C17H19N7O2/c1-12(17(25)23-7-9-26-10-8-23)11-13-3-4-14-20-21-16(24(14)22-13)15-18-5-2-6-19-15/h2-6,12H,7-11H2,1H3/t12-/m1/s1. The molecule has 0 saturated carbocycles. The van der Waals surface area contributed by atoms with Crippen LogP contribution < -0.4 is 0 Å². The first-order chi connectivity index (χ1) is 12.7. The number of rotatable bonds is 4. The molecule has 0 radical (unpaired) electrons. The van der Waals surface area contributed by atoms with Gasteiger partial charge in [0.05, 0.1) is 18.9 Å². The summed E-state index contributed by atoms with van der Waals surface area (Å²) in [6.07, 6.45) is 3.84. The normalized spacial score (nSPS) is 16.0. The lowest BCUT2D eigenvalue weighted by atomic mass is 10.0. The molecule has 26 heavy (non-hydrogen) atoms. The maximum atomic E-state index is 12.6. The maximum absolute atomic E-state index is 12.6. The lowest BCUT2D eigenvalue weighted by Gasteiger charge is -2.29. The Morgan fingerprint density at radius 1 is 1.19 bits per heavy atom. The summed E-state index contributed by atoms with van der Waals surface area (Å²) in [6, 6.07) is 5.46. The molecule has 4 rings (SSSR count). The molecule has 4 heterocycles. The maximum Gasteiger partial charge on any atom is 0.225 e. The fourth-order valence-electron chi connectivity index (χ4n) is 2.99. The van der Waals surface area contributed by atoms with Crippen molar-refractivity contribution in [1.29, 1.82) is 0 Å². The van der Waals surface area contributed by atoms with Crippen LogP contribution >= 0.6 is 0 Å². The van der Waals surface area contributed by atoms with E-state index in [-0.39, 0.29) is 11.8 Å². The van der Waals surface area contributed by atoms with Crippen LogP contribution in [0.3, 0.4) is 0 Å². The second-order valence-corrected chi connectivity index (χ2v) is 6.23. The summed E-state index contributed by atoms with van der Waals surface area (Å²) in [4.78, 5) is 22.9. The van der Waals surface area contributed by atoms with Gasteiger partial charge in [-0.2, -0.15) is 9.61 Å². The Balaban J connectivity index is 1.56. The fourth-order valence-corrected chi connectivity index (χ4v) is 2.99. The average molecular weight is 353 g/mol. The summed E-state index contributed by atoms with van der Waals surface area (Å²) in [5, 5.41) is 12.8. The molecule has 3 aromatic rings. The van der Waals surface area contributed by atoms with Gasteiger partial charge in [-0.05, 0) is 18.2 Å². The fraction of sp³-hybridized carbons (Fsp3) is 0.412. The van der Waals surface area contributed by atoms with Crippen LogP contribution in [-0.4, -0.2) is 66.9 Å². The van der Waals surface area contributed by atoms with Gasteiger partial charge in [0.1, 0.15) is 0 Å². The molecule has 0 N–H and O–H groups in total. The molecule has 0 bridgehead atoms. The summed E-state index contributed by atoms with van der Waals surface area (Å²) in [7, 11) is 0. The summed E-state index contributed by atoms with van der Waals surface area (Å²) in [5.41, 5.74) is 1.41. The van der Waals surface area contributed by atoms with E-state index in [2.05, 4.69) is 25.3 Å². The zero-order valence-electron chi connectivity index (χ0n) is 14.4. The Morgan fingerprint density at radius 3 is 2.73 bits per heavy atom. The van der Waals surface area contributed by atoms with E-state index in [1.165, 1.54) is 0 Å². The molecule has 1 atom stereocenters. The zero-order valence-corrected chi connectivity index (χ0v) is 14.4. The van der Waals surface area contributed by atoms with Crippen molar-refractivity contribution < 1.29 is 9.53 Å². The van der Waals surface area contributed by atoms with E-state index in [0.29, 0.717) is 50.0 Å². The molecule has 1 aliphatic heterocycles. The van der Waals surface area contributed by atoms with Gasteiger partial charge in [-0.1, -0.05) is 6.92 Å². The molecule has 134 valence electrons. The minimum Gasteiger partial charge on any atom is -0.378 e. The van der Waals surface area contributed by atoms with Crippen LogP contribution in [0.25, 0.3) is 17.3 Å². The number of hydrogen-bond donors (Lipinski definition) is 0. The van der Waals surface area contributed by atoms with Crippen molar-refractivity contribution in [2.24, 2.45) is 5.92 Å². The van der Waals surface area contributed by atoms with E-state index in [1.54, 1.807) is 23.0 Å². The minimum absolute atomic E-state index is 0.130. The van der Waals surface area contributed by atoms with Crippen molar-refractivity contribution in [1.82, 2.24) is 34.7 Å². The molecule has 1 fully saturated rings. The Labute approximate surface area is 150 Å². The number of aromatic nitrogens is 6. The van der Waals surface area contributed by atoms with Crippen molar-refractivity contribution >= 4 is 11.6 Å². The summed E-state index contributed by atoms with van der Waals surface area (Å²) in [6.45, 7) is 4.43. The predicted molar refractivity (Wildman–Crippen MR) is 92.1 cm³/mol. The Morgan fingerprint density at radius 2 is 1.96 bits per heavy atom. The van der Waals surface area contributed by atoms with Gasteiger partial charge >= 0.3 is 0 Å². The number of amides is 1. The highest BCUT2D eigenvalue weighted by Crippen LogP contribution is 2.15. The Bertz CT molecular complexity index is 906. The topological polar surface area (TPSA) is 98.4 Å². The van der Waals surface area contributed by atoms with Crippen LogP contribution in [0, 0.1) is 5.92 Å². The summed E-state index contributed by atoms with van der Waals surface area (Å²) < 4.78 is 6.93. The van der Waals surface area contributed by atoms with E-state index in [0.717, 1.165) is 5.69 Å². The number of nitrogens with zero attached hydrogens (tertiary/aromatic N) is 7. The second-order valence-electron chi connectivity index (χ2n) is 6.23. The lowest BCUT2D eigenvalue weighted by Crippen LogP contribution is -2.43. The van der Waals surface area contributed by atoms with Crippen LogP contribution in [0.1, 0.15) is 12.6 Å². The molecule has 9 heteroatoms. The zero-order chi connectivity index (χ0) is 17.9. The quantitative estimate of drug-likeness (QED) is 0.678. The van der Waals surface area contributed by atoms with Crippen molar-refractivity contribution in [3.63, 3.8) is 0 Å². The van der Waals surface area contributed by atoms with Crippen molar-refractivity contribution in [2.45, 2.75) is 13.3 Å².